The molecule has 6 heteroatoms. The summed E-state index contributed by atoms with van der Waals surface area (Å²) in [6, 6.07) is 3.72. The van der Waals surface area contributed by atoms with E-state index in [9.17, 15) is 4.79 Å². The molecule has 2 aromatic heterocycles. The van der Waals surface area contributed by atoms with Gasteiger partial charge < -0.3 is 14.6 Å². The molecule has 1 aliphatic rings. The summed E-state index contributed by atoms with van der Waals surface area (Å²) in [4.78, 5) is 21.5. The fraction of sp³-hybridized carbons (Fsp3) is 0.467. The van der Waals surface area contributed by atoms with Gasteiger partial charge in [-0.15, -0.1) is 0 Å². The molecule has 1 aliphatic heterocycles. The van der Waals surface area contributed by atoms with Gasteiger partial charge in [0.15, 0.2) is 0 Å². The van der Waals surface area contributed by atoms with Crippen LogP contribution in [0.1, 0.15) is 19.8 Å². The van der Waals surface area contributed by atoms with E-state index in [1.54, 1.807) is 6.20 Å². The van der Waals surface area contributed by atoms with E-state index in [2.05, 4.69) is 22.2 Å². The molecule has 1 fully saturated rings. The van der Waals surface area contributed by atoms with Gasteiger partial charge in [-0.3, -0.25) is 5.32 Å². The van der Waals surface area contributed by atoms with Crippen LogP contribution in [-0.4, -0.2) is 46.7 Å². The summed E-state index contributed by atoms with van der Waals surface area (Å²) < 4.78 is 5.69. The molecule has 2 aromatic rings. The fourth-order valence-electron chi connectivity index (χ4n) is 2.53. The van der Waals surface area contributed by atoms with Crippen LogP contribution < -0.4 is 5.32 Å². The normalized spacial score (nSPS) is 19.5. The maximum atomic E-state index is 12.4. The quantitative estimate of drug-likeness (QED) is 0.892. The fourth-order valence-corrected chi connectivity index (χ4v) is 2.53. The first kappa shape index (κ1) is 13.9. The molecule has 0 saturated carbocycles. The molecule has 1 atom stereocenters. The number of rotatable bonds is 2. The Morgan fingerprint density at radius 2 is 2.52 bits per heavy atom. The number of H-pyrrole nitrogens is 1. The second-order valence-electron chi connectivity index (χ2n) is 5.27. The van der Waals surface area contributed by atoms with Gasteiger partial charge >= 0.3 is 6.03 Å². The number of urea groups is 1. The van der Waals surface area contributed by atoms with Crippen molar-refractivity contribution in [3.63, 3.8) is 0 Å². The highest BCUT2D eigenvalue weighted by molar-refractivity contribution is 5.91. The summed E-state index contributed by atoms with van der Waals surface area (Å²) in [5.74, 6) is 0.574. The minimum atomic E-state index is -0.110. The monoisotopic (exact) mass is 288 g/mol. The molecular weight excluding hydrogens is 268 g/mol. The van der Waals surface area contributed by atoms with E-state index < -0.39 is 0 Å². The van der Waals surface area contributed by atoms with Gasteiger partial charge in [-0.25, -0.2) is 9.78 Å². The van der Waals surface area contributed by atoms with Crippen molar-refractivity contribution in [2.45, 2.75) is 25.9 Å². The predicted octanol–water partition coefficient (Wildman–Crippen LogP) is 2.60. The Morgan fingerprint density at radius 1 is 1.62 bits per heavy atom. The third-order valence-corrected chi connectivity index (χ3v) is 3.77. The number of pyridine rings is 1. The lowest BCUT2D eigenvalue weighted by Gasteiger charge is -2.23. The van der Waals surface area contributed by atoms with E-state index in [1.165, 1.54) is 0 Å². The van der Waals surface area contributed by atoms with Gasteiger partial charge in [0.25, 0.3) is 0 Å². The van der Waals surface area contributed by atoms with E-state index in [1.807, 2.05) is 23.2 Å². The van der Waals surface area contributed by atoms with Crippen molar-refractivity contribution in [3.05, 3.63) is 24.5 Å². The van der Waals surface area contributed by atoms with Crippen LogP contribution in [0.25, 0.3) is 10.9 Å². The Balaban J connectivity index is 1.69. The van der Waals surface area contributed by atoms with Crippen LogP contribution in [0.15, 0.2) is 24.5 Å². The van der Waals surface area contributed by atoms with Crippen LogP contribution in [0.3, 0.4) is 0 Å². The standard InChI is InChI=1S/C15H20N4O2/c1-2-12-10-19(6-3-7-21-12)15(20)18-14-8-11-4-5-16-13(11)9-17-14/h4-5,8-9,12,16H,2-3,6-7,10H2,1H3,(H,17,18,20). The maximum Gasteiger partial charge on any atom is 0.323 e. The molecule has 3 heterocycles. The van der Waals surface area contributed by atoms with Crippen molar-refractivity contribution in [1.82, 2.24) is 14.9 Å². The highest BCUT2D eigenvalue weighted by atomic mass is 16.5. The molecule has 6 nitrogen and oxygen atoms in total. The van der Waals surface area contributed by atoms with Crippen LogP contribution in [0, 0.1) is 0 Å². The van der Waals surface area contributed by atoms with Crippen LogP contribution in [-0.2, 0) is 4.74 Å². The largest absolute Gasteiger partial charge is 0.376 e. The second kappa shape index (κ2) is 6.13. The topological polar surface area (TPSA) is 70.2 Å². The summed E-state index contributed by atoms with van der Waals surface area (Å²) in [5.41, 5.74) is 0.960. The van der Waals surface area contributed by atoms with Gasteiger partial charge in [0.05, 0.1) is 17.8 Å². The van der Waals surface area contributed by atoms with Gasteiger partial charge in [-0.05, 0) is 25.0 Å². The number of fused-ring (bicyclic) bond motifs is 1. The van der Waals surface area contributed by atoms with E-state index in [0.717, 1.165) is 30.4 Å². The van der Waals surface area contributed by atoms with Crippen LogP contribution in [0.4, 0.5) is 10.6 Å². The average molecular weight is 288 g/mol. The number of nitrogens with zero attached hydrogens (tertiary/aromatic N) is 2. The smallest absolute Gasteiger partial charge is 0.323 e. The molecule has 21 heavy (non-hydrogen) atoms. The molecule has 3 rings (SSSR count). The Morgan fingerprint density at radius 3 is 3.38 bits per heavy atom. The summed E-state index contributed by atoms with van der Waals surface area (Å²) in [6.45, 7) is 4.15. The number of ether oxygens (including phenoxy) is 1. The number of hydrogen-bond acceptors (Lipinski definition) is 3. The highest BCUT2D eigenvalue weighted by Crippen LogP contribution is 2.16. The summed E-state index contributed by atoms with van der Waals surface area (Å²) in [7, 11) is 0. The first-order chi connectivity index (χ1) is 10.3. The Hall–Kier alpha value is -2.08. The van der Waals surface area contributed by atoms with Gasteiger partial charge in [0, 0.05) is 31.3 Å². The Bertz CT molecular complexity index is 625. The SMILES string of the molecule is CCC1CN(C(=O)Nc2cc3cc[nH]c3cn2)CCCO1. The van der Waals surface area contributed by atoms with E-state index >= 15 is 0 Å². The number of carbonyl (C=O) groups is 1. The minimum absolute atomic E-state index is 0.110. The highest BCUT2D eigenvalue weighted by Gasteiger charge is 2.21. The van der Waals surface area contributed by atoms with Gasteiger partial charge in [-0.1, -0.05) is 6.92 Å². The summed E-state index contributed by atoms with van der Waals surface area (Å²) >= 11 is 0. The first-order valence-electron chi connectivity index (χ1n) is 7.37. The molecule has 112 valence electrons. The zero-order valence-corrected chi connectivity index (χ0v) is 12.1. The van der Waals surface area contributed by atoms with Crippen molar-refractivity contribution in [2.75, 3.05) is 25.0 Å². The number of anilines is 1. The molecule has 0 aromatic carbocycles. The van der Waals surface area contributed by atoms with Crippen molar-refractivity contribution < 1.29 is 9.53 Å². The van der Waals surface area contributed by atoms with Crippen LogP contribution in [0.2, 0.25) is 0 Å². The maximum absolute atomic E-state index is 12.4. The lowest BCUT2D eigenvalue weighted by atomic mass is 10.2. The van der Waals surface area contributed by atoms with Gasteiger partial charge in [0.2, 0.25) is 0 Å². The molecule has 2 amide bonds. The van der Waals surface area contributed by atoms with Crippen molar-refractivity contribution in [1.29, 1.82) is 0 Å². The van der Waals surface area contributed by atoms with E-state index in [0.29, 0.717) is 18.9 Å². The van der Waals surface area contributed by atoms with E-state index in [-0.39, 0.29) is 12.1 Å². The zero-order valence-electron chi connectivity index (χ0n) is 12.1. The molecule has 1 saturated heterocycles. The number of amides is 2. The molecule has 1 unspecified atom stereocenters. The van der Waals surface area contributed by atoms with Gasteiger partial charge in [-0.2, -0.15) is 0 Å². The number of aromatic amines is 1. The lowest BCUT2D eigenvalue weighted by molar-refractivity contribution is 0.0561. The minimum Gasteiger partial charge on any atom is -0.376 e. The first-order valence-corrected chi connectivity index (χ1v) is 7.37. The third kappa shape index (κ3) is 3.16. The lowest BCUT2D eigenvalue weighted by Crippen LogP contribution is -2.39. The molecule has 2 N–H and O–H groups in total. The van der Waals surface area contributed by atoms with Crippen molar-refractivity contribution in [3.8, 4) is 0 Å². The predicted molar refractivity (Wildman–Crippen MR) is 81.3 cm³/mol. The van der Waals surface area contributed by atoms with E-state index in [4.69, 9.17) is 4.74 Å². The van der Waals surface area contributed by atoms with Gasteiger partial charge in [0.1, 0.15) is 5.82 Å². The number of aromatic nitrogens is 2. The number of nitrogens with one attached hydrogen (secondary N) is 2. The van der Waals surface area contributed by atoms with Crippen LogP contribution >= 0.6 is 0 Å². The molecule has 0 spiro atoms. The number of carbonyl (C=O) groups excluding carboxylic acids is 1. The Kier molecular flexibility index (Phi) is 4.06. The average Bonchev–Trinajstić information content (AvgIpc) is 2.82. The van der Waals surface area contributed by atoms with Crippen molar-refractivity contribution >= 4 is 22.8 Å². The zero-order chi connectivity index (χ0) is 14.7. The Labute approximate surface area is 123 Å². The molecule has 0 bridgehead atoms. The molecule has 0 radical (unpaired) electrons. The second-order valence-corrected chi connectivity index (χ2v) is 5.27. The summed E-state index contributed by atoms with van der Waals surface area (Å²) in [5, 5.41) is 3.91. The number of hydrogen-bond donors (Lipinski definition) is 2. The van der Waals surface area contributed by atoms with Crippen LogP contribution in [0.5, 0.6) is 0 Å². The van der Waals surface area contributed by atoms with Crippen molar-refractivity contribution in [2.24, 2.45) is 0 Å². The summed E-state index contributed by atoms with van der Waals surface area (Å²) in [6.07, 6.45) is 5.49. The molecular formula is C15H20N4O2. The molecule has 0 aliphatic carbocycles. The third-order valence-electron chi connectivity index (χ3n) is 3.77.